The first-order chi connectivity index (χ1) is 12.7. The molecular weight excluding hydrogens is 328 g/mol. The molecule has 0 N–H and O–H groups in total. The fraction of sp³-hybridized carbons (Fsp3) is 0.333. The second kappa shape index (κ2) is 6.92. The number of aromatic nitrogens is 1. The molecule has 134 valence electrons. The Balaban J connectivity index is 1.71. The monoisotopic (exact) mass is 350 g/mol. The number of hydrogen-bond donors (Lipinski definition) is 0. The zero-order valence-corrected chi connectivity index (χ0v) is 15.1. The minimum Gasteiger partial charge on any atom is -0.495 e. The number of carbonyl (C=O) groups is 1. The summed E-state index contributed by atoms with van der Waals surface area (Å²) in [5.74, 6) is 0.811. The lowest BCUT2D eigenvalue weighted by Gasteiger charge is -2.30. The van der Waals surface area contributed by atoms with Crippen LogP contribution in [0.1, 0.15) is 27.2 Å². The van der Waals surface area contributed by atoms with Crippen LogP contribution in [0.2, 0.25) is 0 Å². The summed E-state index contributed by atoms with van der Waals surface area (Å²) in [4.78, 5) is 19.5. The molecule has 5 heteroatoms. The SMILES string of the molecule is COc1cc2c(cc1N1CCOCC1)C/C(=C\c1ncccc1C)C2=O. The van der Waals surface area contributed by atoms with E-state index in [1.165, 1.54) is 0 Å². The third-order valence-electron chi connectivity index (χ3n) is 5.03. The minimum atomic E-state index is 0.0666. The van der Waals surface area contributed by atoms with Gasteiger partial charge in [0.2, 0.25) is 0 Å². The molecule has 1 saturated heterocycles. The summed E-state index contributed by atoms with van der Waals surface area (Å²) >= 11 is 0. The molecule has 0 atom stereocenters. The van der Waals surface area contributed by atoms with E-state index < -0.39 is 0 Å². The molecular formula is C21H22N2O3. The average molecular weight is 350 g/mol. The number of nitrogens with zero attached hydrogens (tertiary/aromatic N) is 2. The van der Waals surface area contributed by atoms with Gasteiger partial charge in [0.1, 0.15) is 5.75 Å². The van der Waals surface area contributed by atoms with Crippen molar-refractivity contribution in [1.29, 1.82) is 0 Å². The van der Waals surface area contributed by atoms with Crippen LogP contribution in [0.5, 0.6) is 5.75 Å². The van der Waals surface area contributed by atoms with Gasteiger partial charge in [-0.3, -0.25) is 9.78 Å². The molecule has 4 rings (SSSR count). The highest BCUT2D eigenvalue weighted by Gasteiger charge is 2.28. The standard InChI is InChI=1S/C21H22N2O3/c1-14-4-3-5-22-18(14)11-16-10-15-12-19(23-6-8-26-9-7-23)20(25-2)13-17(15)21(16)24/h3-5,11-13H,6-10H2,1-2H3/b16-11+. The van der Waals surface area contributed by atoms with E-state index in [-0.39, 0.29) is 5.78 Å². The number of methoxy groups -OCH3 is 1. The zero-order valence-electron chi connectivity index (χ0n) is 15.1. The number of ether oxygens (including phenoxy) is 2. The molecule has 2 aliphatic rings. The second-order valence-electron chi connectivity index (χ2n) is 6.66. The highest BCUT2D eigenvalue weighted by molar-refractivity contribution is 6.16. The maximum atomic E-state index is 12.9. The fourth-order valence-electron chi connectivity index (χ4n) is 3.57. The van der Waals surface area contributed by atoms with Gasteiger partial charge in [-0.1, -0.05) is 6.07 Å². The minimum absolute atomic E-state index is 0.0666. The summed E-state index contributed by atoms with van der Waals surface area (Å²) in [5.41, 5.74) is 5.52. The molecule has 5 nitrogen and oxygen atoms in total. The topological polar surface area (TPSA) is 51.7 Å². The molecule has 1 aliphatic carbocycles. The molecule has 0 saturated carbocycles. The van der Waals surface area contributed by atoms with E-state index in [0.29, 0.717) is 19.6 Å². The van der Waals surface area contributed by atoms with Crippen LogP contribution in [0.4, 0.5) is 5.69 Å². The van der Waals surface area contributed by atoms with Gasteiger partial charge in [0.15, 0.2) is 5.78 Å². The van der Waals surface area contributed by atoms with Crippen LogP contribution in [0.15, 0.2) is 36.0 Å². The van der Waals surface area contributed by atoms with Gasteiger partial charge in [0.25, 0.3) is 0 Å². The number of rotatable bonds is 3. The number of benzene rings is 1. The first kappa shape index (κ1) is 16.8. The lowest BCUT2D eigenvalue weighted by Crippen LogP contribution is -2.36. The van der Waals surface area contributed by atoms with Crippen molar-refractivity contribution in [3.8, 4) is 5.75 Å². The third-order valence-corrected chi connectivity index (χ3v) is 5.03. The molecule has 1 aromatic heterocycles. The maximum Gasteiger partial charge on any atom is 0.189 e. The quantitative estimate of drug-likeness (QED) is 0.797. The number of allylic oxidation sites excluding steroid dienone is 1. The molecule has 0 unspecified atom stereocenters. The lowest BCUT2D eigenvalue weighted by molar-refractivity contribution is 0.104. The van der Waals surface area contributed by atoms with Crippen molar-refractivity contribution >= 4 is 17.5 Å². The number of pyridine rings is 1. The number of fused-ring (bicyclic) bond motifs is 1. The predicted octanol–water partition coefficient (Wildman–Crippen LogP) is 3.06. The molecule has 1 fully saturated rings. The largest absolute Gasteiger partial charge is 0.495 e. The van der Waals surface area contributed by atoms with Gasteiger partial charge in [-0.25, -0.2) is 0 Å². The van der Waals surface area contributed by atoms with Gasteiger partial charge >= 0.3 is 0 Å². The molecule has 26 heavy (non-hydrogen) atoms. The van der Waals surface area contributed by atoms with E-state index in [1.54, 1.807) is 13.3 Å². The molecule has 0 bridgehead atoms. The lowest BCUT2D eigenvalue weighted by atomic mass is 10.1. The smallest absolute Gasteiger partial charge is 0.189 e. The summed E-state index contributed by atoms with van der Waals surface area (Å²) in [5, 5.41) is 0. The molecule has 0 amide bonds. The van der Waals surface area contributed by atoms with E-state index >= 15 is 0 Å². The first-order valence-corrected chi connectivity index (χ1v) is 8.88. The summed E-state index contributed by atoms with van der Waals surface area (Å²) < 4.78 is 11.0. The Morgan fingerprint density at radius 1 is 1.27 bits per heavy atom. The van der Waals surface area contributed by atoms with Gasteiger partial charge in [-0.2, -0.15) is 0 Å². The molecule has 1 aliphatic heterocycles. The Hall–Kier alpha value is -2.66. The number of aryl methyl sites for hydroxylation is 1. The van der Waals surface area contributed by atoms with Gasteiger partial charge in [-0.15, -0.1) is 0 Å². The van der Waals surface area contributed by atoms with Crippen molar-refractivity contribution in [2.75, 3.05) is 38.3 Å². The van der Waals surface area contributed by atoms with E-state index in [1.807, 2.05) is 31.2 Å². The van der Waals surface area contributed by atoms with Crippen LogP contribution < -0.4 is 9.64 Å². The number of ketones is 1. The van der Waals surface area contributed by atoms with Crippen molar-refractivity contribution in [2.45, 2.75) is 13.3 Å². The Kier molecular flexibility index (Phi) is 4.47. The number of Topliss-reactive ketones (excluding diaryl/α,β-unsaturated/α-hetero) is 1. The first-order valence-electron chi connectivity index (χ1n) is 8.88. The summed E-state index contributed by atoms with van der Waals surface area (Å²) in [7, 11) is 1.65. The van der Waals surface area contributed by atoms with Gasteiger partial charge < -0.3 is 14.4 Å². The molecule has 0 spiro atoms. The van der Waals surface area contributed by atoms with Crippen LogP contribution in [-0.2, 0) is 11.2 Å². The van der Waals surface area contributed by atoms with Crippen molar-refractivity contribution < 1.29 is 14.3 Å². The summed E-state index contributed by atoms with van der Waals surface area (Å²) in [6, 6.07) is 7.89. The Labute approximate surface area is 153 Å². The molecule has 1 aromatic carbocycles. The fourth-order valence-corrected chi connectivity index (χ4v) is 3.57. The molecule has 2 aromatic rings. The van der Waals surface area contributed by atoms with Crippen LogP contribution >= 0.6 is 0 Å². The van der Waals surface area contributed by atoms with Crippen molar-refractivity contribution in [3.05, 3.63) is 58.4 Å². The van der Waals surface area contributed by atoms with Crippen molar-refractivity contribution in [2.24, 2.45) is 0 Å². The van der Waals surface area contributed by atoms with Gasteiger partial charge in [0, 0.05) is 36.8 Å². The van der Waals surface area contributed by atoms with E-state index in [4.69, 9.17) is 9.47 Å². The number of carbonyl (C=O) groups excluding carboxylic acids is 1. The number of morpholine rings is 1. The van der Waals surface area contributed by atoms with Crippen LogP contribution in [0.25, 0.3) is 6.08 Å². The van der Waals surface area contributed by atoms with Crippen molar-refractivity contribution in [1.82, 2.24) is 4.98 Å². The number of anilines is 1. The third kappa shape index (κ3) is 2.99. The van der Waals surface area contributed by atoms with Gasteiger partial charge in [0.05, 0.1) is 31.7 Å². The number of hydrogen-bond acceptors (Lipinski definition) is 5. The Bertz CT molecular complexity index is 883. The zero-order chi connectivity index (χ0) is 18.1. The highest BCUT2D eigenvalue weighted by atomic mass is 16.5. The predicted molar refractivity (Wildman–Crippen MR) is 101 cm³/mol. The second-order valence-corrected chi connectivity index (χ2v) is 6.66. The van der Waals surface area contributed by atoms with Crippen molar-refractivity contribution in [3.63, 3.8) is 0 Å². The van der Waals surface area contributed by atoms with Gasteiger partial charge in [-0.05, 0) is 42.3 Å². The van der Waals surface area contributed by atoms with Crippen LogP contribution in [0, 0.1) is 6.92 Å². The maximum absolute atomic E-state index is 12.9. The van der Waals surface area contributed by atoms with E-state index in [9.17, 15) is 4.79 Å². The molecule has 2 heterocycles. The van der Waals surface area contributed by atoms with Crippen LogP contribution in [0.3, 0.4) is 0 Å². The summed E-state index contributed by atoms with van der Waals surface area (Å²) in [6.07, 6.45) is 4.30. The molecule has 0 radical (unpaired) electrons. The normalized spacial score (nSPS) is 18.3. The van der Waals surface area contributed by atoms with Crippen LogP contribution in [-0.4, -0.2) is 44.2 Å². The Morgan fingerprint density at radius 3 is 2.81 bits per heavy atom. The average Bonchev–Trinajstić information content (AvgIpc) is 2.98. The summed E-state index contributed by atoms with van der Waals surface area (Å²) in [6.45, 7) is 5.09. The highest BCUT2D eigenvalue weighted by Crippen LogP contribution is 2.38. The Morgan fingerprint density at radius 2 is 2.08 bits per heavy atom. The van der Waals surface area contributed by atoms with E-state index in [2.05, 4.69) is 16.0 Å². The van der Waals surface area contributed by atoms with E-state index in [0.717, 1.165) is 52.5 Å².